The van der Waals surface area contributed by atoms with Gasteiger partial charge >= 0.3 is 0 Å². The molecule has 1 aliphatic rings. The number of hydrazine groups is 1. The lowest BCUT2D eigenvalue weighted by Gasteiger charge is -2.30. The lowest BCUT2D eigenvalue weighted by atomic mass is 10.1. The van der Waals surface area contributed by atoms with E-state index in [4.69, 9.17) is 5.84 Å². The molecule has 1 aliphatic heterocycles. The summed E-state index contributed by atoms with van der Waals surface area (Å²) in [7, 11) is 0. The van der Waals surface area contributed by atoms with Crippen molar-refractivity contribution in [2.24, 2.45) is 5.84 Å². The van der Waals surface area contributed by atoms with E-state index in [1.54, 1.807) is 11.3 Å². The molecule has 20 heavy (non-hydrogen) atoms. The third-order valence-electron chi connectivity index (χ3n) is 3.79. The highest BCUT2D eigenvalue weighted by molar-refractivity contribution is 7.16. The second-order valence-corrected chi connectivity index (χ2v) is 5.93. The first-order valence-corrected chi connectivity index (χ1v) is 7.81. The molecule has 0 aromatic carbocycles. The fourth-order valence-electron chi connectivity index (χ4n) is 2.77. The van der Waals surface area contributed by atoms with Crippen LogP contribution in [-0.4, -0.2) is 34.3 Å². The first-order valence-electron chi connectivity index (χ1n) is 6.93. The van der Waals surface area contributed by atoms with Gasteiger partial charge in [0.1, 0.15) is 10.6 Å². The SMILES string of the molecule is NNc1nc(N2CCCCCC2CO)c2ccsc2n1. The third-order valence-corrected chi connectivity index (χ3v) is 4.60. The van der Waals surface area contributed by atoms with Crippen molar-refractivity contribution in [3.63, 3.8) is 0 Å². The van der Waals surface area contributed by atoms with Gasteiger partial charge in [-0.25, -0.2) is 10.8 Å². The predicted molar refractivity (Wildman–Crippen MR) is 81.9 cm³/mol. The number of aliphatic hydroxyl groups excluding tert-OH is 1. The van der Waals surface area contributed by atoms with E-state index in [-0.39, 0.29) is 12.6 Å². The first kappa shape index (κ1) is 13.5. The van der Waals surface area contributed by atoms with E-state index >= 15 is 0 Å². The lowest BCUT2D eigenvalue weighted by molar-refractivity contribution is 0.255. The highest BCUT2D eigenvalue weighted by atomic mass is 32.1. The summed E-state index contributed by atoms with van der Waals surface area (Å²) < 4.78 is 0. The van der Waals surface area contributed by atoms with E-state index in [1.807, 2.05) is 11.4 Å². The molecule has 0 spiro atoms. The molecule has 6 nitrogen and oxygen atoms in total. The number of fused-ring (bicyclic) bond motifs is 1. The van der Waals surface area contributed by atoms with Crippen LogP contribution in [0.3, 0.4) is 0 Å². The van der Waals surface area contributed by atoms with E-state index in [0.29, 0.717) is 5.95 Å². The van der Waals surface area contributed by atoms with Crippen LogP contribution in [0, 0.1) is 0 Å². The third kappa shape index (κ3) is 2.44. The van der Waals surface area contributed by atoms with Crippen LogP contribution < -0.4 is 16.2 Å². The molecule has 0 aliphatic carbocycles. The summed E-state index contributed by atoms with van der Waals surface area (Å²) in [5, 5.41) is 12.7. The van der Waals surface area contributed by atoms with Gasteiger partial charge in [-0.15, -0.1) is 11.3 Å². The summed E-state index contributed by atoms with van der Waals surface area (Å²) in [6, 6.07) is 2.16. The minimum absolute atomic E-state index is 0.126. The standard InChI is InChI=1S/C13H19N5OS/c14-17-13-15-11(10-5-7-20-12(10)16-13)18-6-3-1-2-4-9(18)8-19/h5,7,9,19H,1-4,6,8,14H2,(H,15,16,17). The second kappa shape index (κ2) is 5.90. The molecular formula is C13H19N5OS. The van der Waals surface area contributed by atoms with Crippen LogP contribution in [0.5, 0.6) is 0 Å². The molecule has 1 atom stereocenters. The van der Waals surface area contributed by atoms with Crippen LogP contribution in [0.1, 0.15) is 25.7 Å². The Kier molecular flexibility index (Phi) is 4.00. The van der Waals surface area contributed by atoms with Gasteiger partial charge in [0.15, 0.2) is 0 Å². The number of rotatable bonds is 3. The number of nitrogens with zero attached hydrogens (tertiary/aromatic N) is 3. The molecule has 7 heteroatoms. The van der Waals surface area contributed by atoms with Crippen LogP contribution >= 0.6 is 11.3 Å². The number of aliphatic hydroxyl groups is 1. The van der Waals surface area contributed by atoms with Gasteiger partial charge in [0, 0.05) is 6.54 Å². The molecule has 3 rings (SSSR count). The van der Waals surface area contributed by atoms with Crippen molar-refractivity contribution >= 4 is 33.3 Å². The Morgan fingerprint density at radius 1 is 1.40 bits per heavy atom. The number of hydrogen-bond donors (Lipinski definition) is 3. The van der Waals surface area contributed by atoms with Gasteiger partial charge in [0.2, 0.25) is 5.95 Å². The zero-order valence-corrected chi connectivity index (χ0v) is 12.1. The molecule has 0 radical (unpaired) electrons. The summed E-state index contributed by atoms with van der Waals surface area (Å²) in [5.74, 6) is 6.77. The van der Waals surface area contributed by atoms with Crippen LogP contribution in [-0.2, 0) is 0 Å². The van der Waals surface area contributed by atoms with E-state index in [2.05, 4.69) is 20.3 Å². The summed E-state index contributed by atoms with van der Waals surface area (Å²) in [6.07, 6.45) is 4.48. The number of nitrogens with two attached hydrogens (primary N) is 1. The van der Waals surface area contributed by atoms with Gasteiger partial charge in [-0.1, -0.05) is 12.8 Å². The average molecular weight is 293 g/mol. The van der Waals surface area contributed by atoms with Gasteiger partial charge in [-0.2, -0.15) is 4.98 Å². The summed E-state index contributed by atoms with van der Waals surface area (Å²) in [5.41, 5.74) is 2.53. The minimum atomic E-state index is 0.126. The Morgan fingerprint density at radius 2 is 2.30 bits per heavy atom. The van der Waals surface area contributed by atoms with E-state index in [9.17, 15) is 5.11 Å². The fraction of sp³-hybridized carbons (Fsp3) is 0.538. The summed E-state index contributed by atoms with van der Waals surface area (Å²) in [4.78, 5) is 12.0. The van der Waals surface area contributed by atoms with E-state index in [0.717, 1.165) is 41.8 Å². The predicted octanol–water partition coefficient (Wildman–Crippen LogP) is 1.72. The van der Waals surface area contributed by atoms with Crippen molar-refractivity contribution in [3.05, 3.63) is 11.4 Å². The van der Waals surface area contributed by atoms with Crippen LogP contribution in [0.4, 0.5) is 11.8 Å². The minimum Gasteiger partial charge on any atom is -0.394 e. The quantitative estimate of drug-likeness (QED) is 0.590. The number of nitrogen functional groups attached to an aromatic ring is 1. The van der Waals surface area contributed by atoms with Gasteiger partial charge in [0.25, 0.3) is 0 Å². The lowest BCUT2D eigenvalue weighted by Crippen LogP contribution is -2.38. The van der Waals surface area contributed by atoms with Crippen molar-refractivity contribution in [2.45, 2.75) is 31.7 Å². The largest absolute Gasteiger partial charge is 0.394 e. The van der Waals surface area contributed by atoms with E-state index in [1.165, 1.54) is 6.42 Å². The Bertz CT molecular complexity index is 587. The first-order chi connectivity index (χ1) is 9.83. The fourth-order valence-corrected chi connectivity index (χ4v) is 3.53. The van der Waals surface area contributed by atoms with Crippen LogP contribution in [0.2, 0.25) is 0 Å². The van der Waals surface area contributed by atoms with Crippen molar-refractivity contribution in [1.82, 2.24) is 9.97 Å². The average Bonchev–Trinajstić information content (AvgIpc) is 2.82. The maximum absolute atomic E-state index is 9.67. The molecule has 1 unspecified atom stereocenters. The highest BCUT2D eigenvalue weighted by Gasteiger charge is 2.24. The van der Waals surface area contributed by atoms with Crippen molar-refractivity contribution in [2.75, 3.05) is 23.5 Å². The Hall–Kier alpha value is -1.44. The number of aromatic nitrogens is 2. The molecular weight excluding hydrogens is 274 g/mol. The molecule has 0 saturated carbocycles. The van der Waals surface area contributed by atoms with Gasteiger partial charge in [-0.05, 0) is 24.3 Å². The Balaban J connectivity index is 2.08. The Labute approximate surface area is 121 Å². The number of nitrogens with one attached hydrogen (secondary N) is 1. The highest BCUT2D eigenvalue weighted by Crippen LogP contribution is 2.32. The molecule has 3 heterocycles. The van der Waals surface area contributed by atoms with E-state index < -0.39 is 0 Å². The molecule has 1 fully saturated rings. The molecule has 2 aromatic rings. The monoisotopic (exact) mass is 293 g/mol. The van der Waals surface area contributed by atoms with Gasteiger partial charge < -0.3 is 10.0 Å². The van der Waals surface area contributed by atoms with Crippen LogP contribution in [0.25, 0.3) is 10.2 Å². The number of anilines is 2. The number of thiophene rings is 1. The van der Waals surface area contributed by atoms with Gasteiger partial charge in [0.05, 0.1) is 18.0 Å². The second-order valence-electron chi connectivity index (χ2n) is 5.03. The van der Waals surface area contributed by atoms with Crippen molar-refractivity contribution in [3.8, 4) is 0 Å². The molecule has 1 saturated heterocycles. The van der Waals surface area contributed by atoms with Gasteiger partial charge in [-0.3, -0.25) is 5.43 Å². The van der Waals surface area contributed by atoms with Crippen LogP contribution in [0.15, 0.2) is 11.4 Å². The summed E-state index contributed by atoms with van der Waals surface area (Å²) in [6.45, 7) is 1.07. The smallest absolute Gasteiger partial charge is 0.240 e. The normalized spacial score (nSPS) is 20.1. The molecule has 2 aromatic heterocycles. The van der Waals surface area contributed by atoms with Crippen molar-refractivity contribution < 1.29 is 5.11 Å². The molecule has 4 N–H and O–H groups in total. The zero-order chi connectivity index (χ0) is 13.9. The molecule has 0 amide bonds. The molecule has 0 bridgehead atoms. The zero-order valence-electron chi connectivity index (χ0n) is 11.2. The molecule has 108 valence electrons. The topological polar surface area (TPSA) is 87.3 Å². The Morgan fingerprint density at radius 3 is 3.10 bits per heavy atom. The van der Waals surface area contributed by atoms with Crippen molar-refractivity contribution in [1.29, 1.82) is 0 Å². The number of hydrogen-bond acceptors (Lipinski definition) is 7. The summed E-state index contributed by atoms with van der Waals surface area (Å²) >= 11 is 1.57. The maximum atomic E-state index is 9.67. The maximum Gasteiger partial charge on any atom is 0.240 e.